The first-order valence-corrected chi connectivity index (χ1v) is 9.07. The van der Waals surface area contributed by atoms with Crippen molar-refractivity contribution in [2.75, 3.05) is 37.8 Å². The molecule has 1 N–H and O–H groups in total. The van der Waals surface area contributed by atoms with Crippen molar-refractivity contribution in [1.29, 1.82) is 0 Å². The van der Waals surface area contributed by atoms with E-state index in [0.717, 1.165) is 35.7 Å². The highest BCUT2D eigenvalue weighted by Gasteiger charge is 2.19. The van der Waals surface area contributed by atoms with E-state index in [-0.39, 0.29) is 6.61 Å². The first kappa shape index (κ1) is 17.7. The molecule has 142 valence electrons. The van der Waals surface area contributed by atoms with Crippen LogP contribution in [-0.4, -0.2) is 63.6 Å². The molecule has 1 atom stereocenters. The maximum absolute atomic E-state index is 10.4. The Morgan fingerprint density at radius 3 is 2.89 bits per heavy atom. The topological polar surface area (TPSA) is 85.5 Å². The standard InChI is InChI=1S/C19H23N5O3/c1-14-3-2-4-16(9-14)27-11-15(25)10-24-13-22-17-18(20-12-21-19(17)24)23-5-7-26-8-6-23/h2-4,9,12-13,15,25H,5-8,10-11H2,1H3. The van der Waals surface area contributed by atoms with Crippen molar-refractivity contribution in [1.82, 2.24) is 19.5 Å². The van der Waals surface area contributed by atoms with Gasteiger partial charge in [-0.05, 0) is 24.6 Å². The molecule has 0 aliphatic carbocycles. The molecule has 0 spiro atoms. The third kappa shape index (κ3) is 4.01. The highest BCUT2D eigenvalue weighted by molar-refractivity contribution is 5.83. The van der Waals surface area contributed by atoms with Gasteiger partial charge >= 0.3 is 0 Å². The summed E-state index contributed by atoms with van der Waals surface area (Å²) in [7, 11) is 0. The molecule has 8 nitrogen and oxygen atoms in total. The molecule has 2 aromatic heterocycles. The van der Waals surface area contributed by atoms with Crippen LogP contribution >= 0.6 is 0 Å². The molecule has 27 heavy (non-hydrogen) atoms. The van der Waals surface area contributed by atoms with Crippen LogP contribution in [0.4, 0.5) is 5.82 Å². The summed E-state index contributed by atoms with van der Waals surface area (Å²) >= 11 is 0. The summed E-state index contributed by atoms with van der Waals surface area (Å²) in [5.74, 6) is 1.56. The van der Waals surface area contributed by atoms with Crippen molar-refractivity contribution in [3.05, 3.63) is 42.5 Å². The molecule has 0 bridgehead atoms. The molecule has 0 radical (unpaired) electrons. The number of anilines is 1. The van der Waals surface area contributed by atoms with Crippen LogP contribution in [0.1, 0.15) is 5.56 Å². The molecule has 3 aromatic rings. The summed E-state index contributed by atoms with van der Waals surface area (Å²) in [6.45, 7) is 5.49. The Morgan fingerprint density at radius 2 is 2.07 bits per heavy atom. The number of aromatic nitrogens is 4. The lowest BCUT2D eigenvalue weighted by Gasteiger charge is -2.27. The molecule has 1 aliphatic heterocycles. The van der Waals surface area contributed by atoms with Crippen molar-refractivity contribution in [2.45, 2.75) is 19.6 Å². The van der Waals surface area contributed by atoms with Crippen molar-refractivity contribution < 1.29 is 14.6 Å². The zero-order chi connectivity index (χ0) is 18.6. The molecule has 0 saturated carbocycles. The van der Waals surface area contributed by atoms with Crippen LogP contribution in [0.3, 0.4) is 0 Å². The molecule has 1 unspecified atom stereocenters. The Labute approximate surface area is 157 Å². The van der Waals surface area contributed by atoms with Crippen LogP contribution in [0, 0.1) is 6.92 Å². The minimum atomic E-state index is -0.676. The van der Waals surface area contributed by atoms with Gasteiger partial charge in [-0.2, -0.15) is 0 Å². The summed E-state index contributed by atoms with van der Waals surface area (Å²) in [5.41, 5.74) is 2.57. The van der Waals surface area contributed by atoms with E-state index in [4.69, 9.17) is 9.47 Å². The van der Waals surface area contributed by atoms with Gasteiger partial charge in [-0.1, -0.05) is 12.1 Å². The second-order valence-electron chi connectivity index (χ2n) is 6.65. The summed E-state index contributed by atoms with van der Waals surface area (Å²) in [4.78, 5) is 15.4. The minimum absolute atomic E-state index is 0.199. The fourth-order valence-electron chi connectivity index (χ4n) is 3.19. The minimum Gasteiger partial charge on any atom is -0.491 e. The van der Waals surface area contributed by atoms with Crippen molar-refractivity contribution in [3.8, 4) is 5.75 Å². The van der Waals surface area contributed by atoms with Crippen LogP contribution in [0.2, 0.25) is 0 Å². The van der Waals surface area contributed by atoms with Gasteiger partial charge in [0.2, 0.25) is 0 Å². The van der Waals surface area contributed by atoms with E-state index in [9.17, 15) is 5.11 Å². The van der Waals surface area contributed by atoms with Gasteiger partial charge in [0.05, 0.1) is 26.1 Å². The smallest absolute Gasteiger partial charge is 0.165 e. The number of hydrogen-bond donors (Lipinski definition) is 1. The quantitative estimate of drug-likeness (QED) is 0.703. The lowest BCUT2D eigenvalue weighted by molar-refractivity contribution is 0.0932. The Hall–Kier alpha value is -2.71. The molecular formula is C19H23N5O3. The highest BCUT2D eigenvalue weighted by atomic mass is 16.5. The zero-order valence-electron chi connectivity index (χ0n) is 15.3. The van der Waals surface area contributed by atoms with Crippen molar-refractivity contribution >= 4 is 17.0 Å². The number of ether oxygens (including phenoxy) is 2. The molecule has 8 heteroatoms. The van der Waals surface area contributed by atoms with Gasteiger partial charge < -0.3 is 24.0 Å². The van der Waals surface area contributed by atoms with E-state index in [1.54, 1.807) is 12.7 Å². The number of fused-ring (bicyclic) bond motifs is 1. The van der Waals surface area contributed by atoms with Crippen molar-refractivity contribution in [3.63, 3.8) is 0 Å². The number of benzene rings is 1. The van der Waals surface area contributed by atoms with E-state index in [1.165, 1.54) is 0 Å². The SMILES string of the molecule is Cc1cccc(OCC(O)Cn2cnc3c(N4CCOCC4)ncnc32)c1. The van der Waals surface area contributed by atoms with Gasteiger partial charge in [0, 0.05) is 13.1 Å². The fourth-order valence-corrected chi connectivity index (χ4v) is 3.19. The predicted molar refractivity (Wildman–Crippen MR) is 101 cm³/mol. The van der Waals surface area contributed by atoms with Crippen molar-refractivity contribution in [2.24, 2.45) is 0 Å². The third-order valence-corrected chi connectivity index (χ3v) is 4.53. The number of aliphatic hydroxyl groups excluding tert-OH is 1. The second kappa shape index (κ2) is 7.89. The summed E-state index contributed by atoms with van der Waals surface area (Å²) in [5, 5.41) is 10.4. The average molecular weight is 369 g/mol. The lowest BCUT2D eigenvalue weighted by Crippen LogP contribution is -2.37. The first-order valence-electron chi connectivity index (χ1n) is 9.07. The van der Waals surface area contributed by atoms with Gasteiger partial charge in [-0.25, -0.2) is 15.0 Å². The lowest BCUT2D eigenvalue weighted by atomic mass is 10.2. The fraction of sp³-hybridized carbons (Fsp3) is 0.421. The van der Waals surface area contributed by atoms with E-state index in [2.05, 4.69) is 19.9 Å². The molecule has 4 rings (SSSR count). The number of hydrogen-bond acceptors (Lipinski definition) is 7. The monoisotopic (exact) mass is 369 g/mol. The third-order valence-electron chi connectivity index (χ3n) is 4.53. The number of aliphatic hydroxyl groups is 1. The maximum Gasteiger partial charge on any atom is 0.165 e. The molecule has 1 fully saturated rings. The Morgan fingerprint density at radius 1 is 1.22 bits per heavy atom. The molecular weight excluding hydrogens is 346 g/mol. The molecule has 1 aromatic carbocycles. The number of morpholine rings is 1. The van der Waals surface area contributed by atoms with Gasteiger partial charge in [-0.3, -0.25) is 0 Å². The second-order valence-corrected chi connectivity index (χ2v) is 6.65. The van der Waals surface area contributed by atoms with Gasteiger partial charge in [0.15, 0.2) is 17.0 Å². The Bertz CT molecular complexity index is 907. The van der Waals surface area contributed by atoms with Crippen LogP contribution in [-0.2, 0) is 11.3 Å². The summed E-state index contributed by atoms with van der Waals surface area (Å²) in [6.07, 6.45) is 2.56. The Balaban J connectivity index is 1.45. The number of aryl methyl sites for hydroxylation is 1. The Kier molecular flexibility index (Phi) is 5.17. The van der Waals surface area contributed by atoms with Crippen LogP contribution in [0.5, 0.6) is 5.75 Å². The van der Waals surface area contributed by atoms with E-state index >= 15 is 0 Å². The van der Waals surface area contributed by atoms with Gasteiger partial charge in [-0.15, -0.1) is 0 Å². The van der Waals surface area contributed by atoms with E-state index in [1.807, 2.05) is 35.8 Å². The molecule has 1 saturated heterocycles. The van der Waals surface area contributed by atoms with E-state index in [0.29, 0.717) is 25.4 Å². The van der Waals surface area contributed by atoms with Crippen LogP contribution in [0.25, 0.3) is 11.2 Å². The van der Waals surface area contributed by atoms with Gasteiger partial charge in [0.1, 0.15) is 24.8 Å². The number of rotatable bonds is 6. The number of nitrogens with zero attached hydrogens (tertiary/aromatic N) is 5. The summed E-state index contributed by atoms with van der Waals surface area (Å²) in [6, 6.07) is 7.77. The molecule has 1 aliphatic rings. The van der Waals surface area contributed by atoms with E-state index < -0.39 is 6.10 Å². The number of imidazole rings is 1. The zero-order valence-corrected chi connectivity index (χ0v) is 15.3. The van der Waals surface area contributed by atoms with Crippen LogP contribution < -0.4 is 9.64 Å². The van der Waals surface area contributed by atoms with Crippen LogP contribution in [0.15, 0.2) is 36.9 Å². The largest absolute Gasteiger partial charge is 0.491 e. The summed E-state index contributed by atoms with van der Waals surface area (Å²) < 4.78 is 12.9. The van der Waals surface area contributed by atoms with Gasteiger partial charge in [0.25, 0.3) is 0 Å². The predicted octanol–water partition coefficient (Wildman–Crippen LogP) is 1.41. The first-order chi connectivity index (χ1) is 13.2. The normalized spacial score (nSPS) is 15.9. The average Bonchev–Trinajstić information content (AvgIpc) is 3.10. The molecule has 0 amide bonds. The molecule has 3 heterocycles. The maximum atomic E-state index is 10.4. The highest BCUT2D eigenvalue weighted by Crippen LogP contribution is 2.22.